The number of nitrogens with zero attached hydrogens (tertiary/aromatic N) is 3. The second-order valence-electron chi connectivity index (χ2n) is 5.11. The Morgan fingerprint density at radius 3 is 2.95 bits per heavy atom. The number of pyridine rings is 1. The first-order chi connectivity index (χ1) is 9.24. The average molecular weight is 252 g/mol. The lowest BCUT2D eigenvalue weighted by atomic mass is 10.1. The molecule has 2 aromatic heterocycles. The maximum atomic E-state index is 4.58. The third-order valence-corrected chi connectivity index (χ3v) is 3.05. The first-order valence-electron chi connectivity index (χ1n) is 6.48. The Hall–Kier alpha value is -2.23. The summed E-state index contributed by atoms with van der Waals surface area (Å²) < 4.78 is 0. The number of H-pyrrole nitrogens is 1. The van der Waals surface area contributed by atoms with Gasteiger partial charge in [-0.05, 0) is 17.4 Å². The van der Waals surface area contributed by atoms with Crippen LogP contribution < -0.4 is 0 Å². The van der Waals surface area contributed by atoms with Gasteiger partial charge in [0.1, 0.15) is 5.82 Å². The van der Waals surface area contributed by atoms with Crippen LogP contribution in [0.3, 0.4) is 0 Å². The molecule has 0 unspecified atom stereocenters. The Kier molecular flexibility index (Phi) is 2.99. The Balaban J connectivity index is 2.06. The fraction of sp³-hybridized carbons (Fsp3) is 0.267. The zero-order valence-electron chi connectivity index (χ0n) is 11.1. The van der Waals surface area contributed by atoms with Crippen LogP contribution in [0.1, 0.15) is 19.7 Å². The number of hydrogen-bond acceptors (Lipinski definition) is 3. The van der Waals surface area contributed by atoms with Crippen LogP contribution in [0.5, 0.6) is 0 Å². The van der Waals surface area contributed by atoms with E-state index in [1.165, 1.54) is 0 Å². The number of fused-ring (bicyclic) bond motifs is 1. The molecule has 0 aliphatic rings. The molecule has 4 heteroatoms. The molecule has 0 fully saturated rings. The van der Waals surface area contributed by atoms with Crippen LogP contribution in [0.15, 0.2) is 36.7 Å². The van der Waals surface area contributed by atoms with E-state index in [1.54, 1.807) is 6.20 Å². The lowest BCUT2D eigenvalue weighted by molar-refractivity contribution is 0.622. The summed E-state index contributed by atoms with van der Waals surface area (Å²) in [5.41, 5.74) is 1.05. The van der Waals surface area contributed by atoms with E-state index in [9.17, 15) is 0 Å². The van der Waals surface area contributed by atoms with Crippen molar-refractivity contribution in [2.75, 3.05) is 0 Å². The van der Waals surface area contributed by atoms with Gasteiger partial charge < -0.3 is 0 Å². The van der Waals surface area contributed by atoms with Crippen molar-refractivity contribution >= 4 is 10.8 Å². The molecule has 0 aliphatic heterocycles. The fourth-order valence-electron chi connectivity index (χ4n) is 2.21. The standard InChI is InChI=1S/C15H16N4/c1-10(2)8-14-17-15(19-18-14)13-5-3-4-11-9-16-7-6-12(11)13/h3-7,9-10H,8H2,1-2H3,(H,17,18,19). The highest BCUT2D eigenvalue weighted by Crippen LogP contribution is 2.25. The number of aromatic nitrogens is 4. The first kappa shape index (κ1) is 11.8. The van der Waals surface area contributed by atoms with Gasteiger partial charge in [0.15, 0.2) is 5.82 Å². The summed E-state index contributed by atoms with van der Waals surface area (Å²) in [6, 6.07) is 8.11. The lowest BCUT2D eigenvalue weighted by Crippen LogP contribution is -1.95. The maximum Gasteiger partial charge on any atom is 0.181 e. The SMILES string of the molecule is CC(C)Cc1nc(-c2cccc3cnccc23)n[nH]1. The highest BCUT2D eigenvalue weighted by Gasteiger charge is 2.10. The largest absolute Gasteiger partial charge is 0.264 e. The number of aromatic amines is 1. The molecule has 0 spiro atoms. The van der Waals surface area contributed by atoms with Gasteiger partial charge >= 0.3 is 0 Å². The molecule has 0 atom stereocenters. The van der Waals surface area contributed by atoms with Gasteiger partial charge in [0, 0.05) is 29.8 Å². The van der Waals surface area contributed by atoms with Gasteiger partial charge in [0.25, 0.3) is 0 Å². The van der Waals surface area contributed by atoms with Gasteiger partial charge in [-0.25, -0.2) is 4.98 Å². The van der Waals surface area contributed by atoms with Crippen LogP contribution >= 0.6 is 0 Å². The first-order valence-corrected chi connectivity index (χ1v) is 6.48. The van der Waals surface area contributed by atoms with Crippen LogP contribution in [0, 0.1) is 5.92 Å². The summed E-state index contributed by atoms with van der Waals surface area (Å²) in [5.74, 6) is 2.26. The summed E-state index contributed by atoms with van der Waals surface area (Å²) in [7, 11) is 0. The highest BCUT2D eigenvalue weighted by atomic mass is 15.2. The van der Waals surface area contributed by atoms with Crippen molar-refractivity contribution in [3.8, 4) is 11.4 Å². The minimum Gasteiger partial charge on any atom is -0.264 e. The smallest absolute Gasteiger partial charge is 0.181 e. The molecule has 19 heavy (non-hydrogen) atoms. The molecule has 0 amide bonds. The number of rotatable bonds is 3. The normalized spacial score (nSPS) is 11.3. The Labute approximate surface area is 111 Å². The van der Waals surface area contributed by atoms with Gasteiger partial charge in [-0.1, -0.05) is 32.0 Å². The number of benzene rings is 1. The Bertz CT molecular complexity index is 695. The molecule has 0 saturated heterocycles. The summed E-state index contributed by atoms with van der Waals surface area (Å²) in [5, 5.41) is 9.60. The monoisotopic (exact) mass is 252 g/mol. The van der Waals surface area contributed by atoms with E-state index in [-0.39, 0.29) is 0 Å². The van der Waals surface area contributed by atoms with Crippen LogP contribution in [0.2, 0.25) is 0 Å². The molecule has 2 heterocycles. The molecule has 3 aromatic rings. The fourth-order valence-corrected chi connectivity index (χ4v) is 2.21. The summed E-state index contributed by atoms with van der Waals surface area (Å²) in [6.45, 7) is 4.34. The minimum atomic E-state index is 0.567. The van der Waals surface area contributed by atoms with E-state index < -0.39 is 0 Å². The highest BCUT2D eigenvalue weighted by molar-refractivity contribution is 5.94. The third kappa shape index (κ3) is 2.34. The van der Waals surface area contributed by atoms with Gasteiger partial charge in [-0.3, -0.25) is 10.1 Å². The molecule has 1 N–H and O–H groups in total. The van der Waals surface area contributed by atoms with E-state index in [0.717, 1.165) is 34.4 Å². The van der Waals surface area contributed by atoms with Crippen molar-refractivity contribution in [1.29, 1.82) is 0 Å². The van der Waals surface area contributed by atoms with Crippen molar-refractivity contribution in [2.45, 2.75) is 20.3 Å². The van der Waals surface area contributed by atoms with Crippen molar-refractivity contribution in [2.24, 2.45) is 5.92 Å². The van der Waals surface area contributed by atoms with Crippen LogP contribution in [0.4, 0.5) is 0 Å². The van der Waals surface area contributed by atoms with E-state index in [2.05, 4.69) is 34.0 Å². The predicted molar refractivity (Wildman–Crippen MR) is 75.7 cm³/mol. The van der Waals surface area contributed by atoms with E-state index in [1.807, 2.05) is 30.5 Å². The van der Waals surface area contributed by atoms with Crippen LogP contribution in [-0.4, -0.2) is 20.2 Å². The maximum absolute atomic E-state index is 4.58. The predicted octanol–water partition coefficient (Wildman–Crippen LogP) is 3.22. The van der Waals surface area contributed by atoms with Crippen LogP contribution in [-0.2, 0) is 6.42 Å². The van der Waals surface area contributed by atoms with E-state index in [0.29, 0.717) is 5.92 Å². The number of hydrogen-bond donors (Lipinski definition) is 1. The summed E-state index contributed by atoms with van der Waals surface area (Å²) in [6.07, 6.45) is 4.58. The summed E-state index contributed by atoms with van der Waals surface area (Å²) in [4.78, 5) is 8.73. The zero-order valence-corrected chi connectivity index (χ0v) is 11.1. The van der Waals surface area contributed by atoms with Gasteiger partial charge in [-0.2, -0.15) is 5.10 Å². The molecule has 0 bridgehead atoms. The van der Waals surface area contributed by atoms with Crippen molar-refractivity contribution < 1.29 is 0 Å². The lowest BCUT2D eigenvalue weighted by Gasteiger charge is -2.02. The second-order valence-corrected chi connectivity index (χ2v) is 5.11. The van der Waals surface area contributed by atoms with Gasteiger partial charge in [0.2, 0.25) is 0 Å². The molecule has 96 valence electrons. The van der Waals surface area contributed by atoms with Gasteiger partial charge in [0.05, 0.1) is 0 Å². The molecule has 1 aromatic carbocycles. The molecule has 4 nitrogen and oxygen atoms in total. The molecule has 0 aliphatic carbocycles. The molecule has 0 saturated carbocycles. The number of nitrogens with one attached hydrogen (secondary N) is 1. The quantitative estimate of drug-likeness (QED) is 0.778. The molecule has 0 radical (unpaired) electrons. The van der Waals surface area contributed by atoms with Crippen molar-refractivity contribution in [3.63, 3.8) is 0 Å². The van der Waals surface area contributed by atoms with E-state index in [4.69, 9.17) is 0 Å². The molecular formula is C15H16N4. The van der Waals surface area contributed by atoms with Gasteiger partial charge in [-0.15, -0.1) is 0 Å². The second kappa shape index (κ2) is 4.80. The minimum absolute atomic E-state index is 0.567. The zero-order chi connectivity index (χ0) is 13.2. The third-order valence-electron chi connectivity index (χ3n) is 3.05. The average Bonchev–Trinajstić information content (AvgIpc) is 2.85. The Morgan fingerprint density at radius 2 is 2.11 bits per heavy atom. The van der Waals surface area contributed by atoms with E-state index >= 15 is 0 Å². The summed E-state index contributed by atoms with van der Waals surface area (Å²) >= 11 is 0. The topological polar surface area (TPSA) is 54.5 Å². The van der Waals surface area contributed by atoms with Crippen molar-refractivity contribution in [3.05, 3.63) is 42.5 Å². The molecule has 3 rings (SSSR count). The molecular weight excluding hydrogens is 236 g/mol. The Morgan fingerprint density at radius 1 is 1.21 bits per heavy atom. The van der Waals surface area contributed by atoms with Crippen LogP contribution in [0.25, 0.3) is 22.2 Å². The van der Waals surface area contributed by atoms with Crippen molar-refractivity contribution in [1.82, 2.24) is 20.2 Å².